The van der Waals surface area contributed by atoms with Gasteiger partial charge in [-0.3, -0.25) is 0 Å². The van der Waals surface area contributed by atoms with E-state index >= 15 is 0 Å². The molecule has 0 unspecified atom stereocenters. The summed E-state index contributed by atoms with van der Waals surface area (Å²) in [6.45, 7) is 0. The Morgan fingerprint density at radius 2 is 2.62 bits per heavy atom. The van der Waals surface area contributed by atoms with Gasteiger partial charge in [0.05, 0.1) is 5.88 Å². The topological polar surface area (TPSA) is 61.8 Å². The van der Waals surface area contributed by atoms with Crippen LogP contribution in [0.2, 0.25) is 0 Å². The van der Waals surface area contributed by atoms with E-state index in [2.05, 4.69) is 5.32 Å². The monoisotopic (exact) mass is 127 g/mol. The van der Waals surface area contributed by atoms with E-state index in [0.717, 1.165) is 5.88 Å². The average molecular weight is 127 g/mol. The lowest BCUT2D eigenvalue weighted by Crippen LogP contribution is -2.05. The molecule has 0 aromatic carbocycles. The molecule has 1 rings (SSSR count). The zero-order chi connectivity index (χ0) is 5.98. The Hall–Kier alpha value is -0.820. The van der Waals surface area contributed by atoms with Gasteiger partial charge in [-0.2, -0.15) is 5.26 Å². The molecule has 0 saturated carbocycles. The fourth-order valence-corrected chi connectivity index (χ4v) is 1.07. The first-order valence-corrected chi connectivity index (χ1v) is 3.09. The van der Waals surface area contributed by atoms with E-state index in [1.807, 2.05) is 6.07 Å². The summed E-state index contributed by atoms with van der Waals surface area (Å²) in [7, 11) is 0. The van der Waals surface area contributed by atoms with Crippen molar-refractivity contribution in [1.29, 1.82) is 5.26 Å². The van der Waals surface area contributed by atoms with Crippen LogP contribution in [0.15, 0.2) is 10.7 Å². The highest BCUT2D eigenvalue weighted by molar-refractivity contribution is 8.03. The number of nitriles is 1. The largest absolute Gasteiger partial charge is 0.391 e. The Labute approximate surface area is 51.5 Å². The molecule has 42 valence electrons. The van der Waals surface area contributed by atoms with E-state index in [1.54, 1.807) is 0 Å². The van der Waals surface area contributed by atoms with Crippen LogP contribution in [0.3, 0.4) is 0 Å². The lowest BCUT2D eigenvalue weighted by atomic mass is 10.5. The van der Waals surface area contributed by atoms with E-state index in [1.165, 1.54) is 11.8 Å². The van der Waals surface area contributed by atoms with Gasteiger partial charge in [-0.05, 0) is 0 Å². The lowest BCUT2D eigenvalue weighted by molar-refractivity contribution is 1.02. The molecule has 1 heterocycles. The quantitative estimate of drug-likeness (QED) is 0.478. The maximum Gasteiger partial charge on any atom is 0.144 e. The Morgan fingerprint density at radius 3 is 2.88 bits per heavy atom. The highest BCUT2D eigenvalue weighted by Crippen LogP contribution is 2.17. The molecule has 0 bridgehead atoms. The van der Waals surface area contributed by atoms with Gasteiger partial charge in [0.2, 0.25) is 0 Å². The molecule has 3 nitrogen and oxygen atoms in total. The molecule has 0 aromatic rings. The number of nitrogens with zero attached hydrogens (tertiary/aromatic N) is 1. The van der Waals surface area contributed by atoms with Crippen molar-refractivity contribution in [2.24, 2.45) is 5.73 Å². The standard InChI is InChI=1S/C4H5N3S/c5-1-3-4(6)8-2-7-3/h7H,2,6H2. The zero-order valence-electron chi connectivity index (χ0n) is 4.14. The number of hydrogen-bond donors (Lipinski definition) is 2. The van der Waals surface area contributed by atoms with Crippen molar-refractivity contribution in [1.82, 2.24) is 5.32 Å². The zero-order valence-corrected chi connectivity index (χ0v) is 4.96. The summed E-state index contributed by atoms with van der Waals surface area (Å²) in [4.78, 5) is 0. The third-order valence-electron chi connectivity index (χ3n) is 0.835. The number of allylic oxidation sites excluding steroid dienone is 1. The van der Waals surface area contributed by atoms with Crippen molar-refractivity contribution in [3.8, 4) is 6.07 Å². The lowest BCUT2D eigenvalue weighted by Gasteiger charge is -1.85. The van der Waals surface area contributed by atoms with Crippen LogP contribution in [0, 0.1) is 11.3 Å². The fraction of sp³-hybridized carbons (Fsp3) is 0.250. The third-order valence-corrected chi connectivity index (χ3v) is 1.64. The van der Waals surface area contributed by atoms with Gasteiger partial charge in [0.25, 0.3) is 0 Å². The average Bonchev–Trinajstić information content (AvgIpc) is 2.14. The highest BCUT2D eigenvalue weighted by atomic mass is 32.2. The van der Waals surface area contributed by atoms with Gasteiger partial charge in [0.15, 0.2) is 0 Å². The fourth-order valence-electron chi connectivity index (χ4n) is 0.440. The Kier molecular flexibility index (Phi) is 1.31. The molecule has 0 saturated heterocycles. The molecule has 4 heteroatoms. The minimum atomic E-state index is 0.509. The summed E-state index contributed by atoms with van der Waals surface area (Å²) < 4.78 is 0. The van der Waals surface area contributed by atoms with Crippen LogP contribution in [-0.4, -0.2) is 5.88 Å². The Balaban J connectivity index is 2.77. The maximum atomic E-state index is 8.27. The molecule has 0 aliphatic carbocycles. The normalized spacial score (nSPS) is 17.9. The van der Waals surface area contributed by atoms with Crippen molar-refractivity contribution in [3.63, 3.8) is 0 Å². The molecule has 0 radical (unpaired) electrons. The SMILES string of the molecule is N#CC1=C(N)SCN1. The van der Waals surface area contributed by atoms with Gasteiger partial charge in [-0.25, -0.2) is 0 Å². The first kappa shape index (κ1) is 5.32. The molecule has 0 aromatic heterocycles. The van der Waals surface area contributed by atoms with Crippen molar-refractivity contribution in [3.05, 3.63) is 10.7 Å². The third kappa shape index (κ3) is 0.724. The molecule has 3 N–H and O–H groups in total. The van der Waals surface area contributed by atoms with Crippen LogP contribution >= 0.6 is 11.8 Å². The number of nitrogens with two attached hydrogens (primary N) is 1. The molecule has 1 aliphatic heterocycles. The van der Waals surface area contributed by atoms with Gasteiger partial charge in [0.1, 0.15) is 16.8 Å². The molecule has 0 spiro atoms. The minimum Gasteiger partial charge on any atom is -0.391 e. The molecule has 0 fully saturated rings. The predicted molar refractivity (Wildman–Crippen MR) is 32.4 cm³/mol. The predicted octanol–water partition coefficient (Wildman–Crippen LogP) is -0.0683. The van der Waals surface area contributed by atoms with Crippen LogP contribution in [0.4, 0.5) is 0 Å². The maximum absolute atomic E-state index is 8.27. The molecule has 0 amide bonds. The van der Waals surface area contributed by atoms with E-state index in [4.69, 9.17) is 11.0 Å². The first-order valence-electron chi connectivity index (χ1n) is 2.11. The number of nitrogens with one attached hydrogen (secondary N) is 1. The van der Waals surface area contributed by atoms with Crippen molar-refractivity contribution in [2.75, 3.05) is 5.88 Å². The van der Waals surface area contributed by atoms with Crippen molar-refractivity contribution >= 4 is 11.8 Å². The van der Waals surface area contributed by atoms with E-state index < -0.39 is 0 Å². The minimum absolute atomic E-state index is 0.509. The summed E-state index contributed by atoms with van der Waals surface area (Å²) in [6.07, 6.45) is 0. The number of hydrogen-bond acceptors (Lipinski definition) is 4. The second-order valence-corrected chi connectivity index (χ2v) is 2.33. The Morgan fingerprint density at radius 1 is 1.88 bits per heavy atom. The van der Waals surface area contributed by atoms with Crippen LogP contribution in [-0.2, 0) is 0 Å². The first-order chi connectivity index (χ1) is 3.84. The van der Waals surface area contributed by atoms with Crippen molar-refractivity contribution in [2.45, 2.75) is 0 Å². The second kappa shape index (κ2) is 1.97. The molecule has 0 atom stereocenters. The molecular weight excluding hydrogens is 122 g/mol. The summed E-state index contributed by atoms with van der Waals surface area (Å²) in [6, 6.07) is 1.94. The molecule has 8 heavy (non-hydrogen) atoms. The van der Waals surface area contributed by atoms with Crippen LogP contribution in [0.5, 0.6) is 0 Å². The molecule has 1 aliphatic rings. The van der Waals surface area contributed by atoms with E-state index in [0.29, 0.717) is 10.7 Å². The van der Waals surface area contributed by atoms with Crippen LogP contribution in [0.25, 0.3) is 0 Å². The van der Waals surface area contributed by atoms with E-state index in [-0.39, 0.29) is 0 Å². The molecular formula is C4H5N3S. The van der Waals surface area contributed by atoms with Gasteiger partial charge in [0, 0.05) is 0 Å². The van der Waals surface area contributed by atoms with Gasteiger partial charge in [-0.1, -0.05) is 11.8 Å². The summed E-state index contributed by atoms with van der Waals surface area (Å²) in [5.74, 6) is 0.731. The number of rotatable bonds is 0. The second-order valence-electron chi connectivity index (χ2n) is 1.32. The van der Waals surface area contributed by atoms with Gasteiger partial charge in [-0.15, -0.1) is 0 Å². The van der Waals surface area contributed by atoms with Crippen LogP contribution < -0.4 is 11.1 Å². The smallest absolute Gasteiger partial charge is 0.144 e. The summed E-state index contributed by atoms with van der Waals surface area (Å²) >= 11 is 1.45. The van der Waals surface area contributed by atoms with Crippen LogP contribution in [0.1, 0.15) is 0 Å². The van der Waals surface area contributed by atoms with E-state index in [9.17, 15) is 0 Å². The summed E-state index contributed by atoms with van der Waals surface area (Å²) in [5.41, 5.74) is 5.86. The van der Waals surface area contributed by atoms with Gasteiger partial charge < -0.3 is 11.1 Å². The highest BCUT2D eigenvalue weighted by Gasteiger charge is 2.08. The number of thioether (sulfide) groups is 1. The Bertz CT molecular complexity index is 167. The summed E-state index contributed by atoms with van der Waals surface area (Å²) in [5, 5.41) is 11.7. The van der Waals surface area contributed by atoms with Crippen molar-refractivity contribution < 1.29 is 0 Å². The van der Waals surface area contributed by atoms with Gasteiger partial charge >= 0.3 is 0 Å².